The van der Waals surface area contributed by atoms with Crippen molar-refractivity contribution in [3.63, 3.8) is 0 Å². The number of amides is 1. The molecule has 0 aromatic heterocycles. The van der Waals surface area contributed by atoms with Crippen molar-refractivity contribution in [3.8, 4) is 0 Å². The number of halogens is 1. The zero-order valence-corrected chi connectivity index (χ0v) is 6.91. The molecule has 0 saturated carbocycles. The molecule has 2 nitrogen and oxygen atoms in total. The molecule has 0 aromatic carbocycles. The Morgan fingerprint density at radius 1 is 1.50 bits per heavy atom. The van der Waals surface area contributed by atoms with Gasteiger partial charge in [-0.05, 0) is 6.42 Å². The summed E-state index contributed by atoms with van der Waals surface area (Å²) < 4.78 is 11.3. The summed E-state index contributed by atoms with van der Waals surface area (Å²) in [6.07, 6.45) is 0.416. The van der Waals surface area contributed by atoms with Crippen LogP contribution in [-0.4, -0.2) is 19.1 Å². The van der Waals surface area contributed by atoms with Crippen LogP contribution in [-0.2, 0) is 4.79 Å². The van der Waals surface area contributed by atoms with E-state index in [4.69, 9.17) is 0 Å². The summed E-state index contributed by atoms with van der Waals surface area (Å²) in [5.41, 5.74) is 0. The molecule has 1 amide bonds. The number of hydrogen-bond acceptors (Lipinski definition) is 1. The molecule has 0 aliphatic heterocycles. The Balaban J connectivity index is 0. The van der Waals surface area contributed by atoms with E-state index in [9.17, 15) is 9.18 Å². The fourth-order valence-electron chi connectivity index (χ4n) is 0.331. The van der Waals surface area contributed by atoms with Crippen molar-refractivity contribution < 1.29 is 9.18 Å². The molecule has 0 rings (SSSR count). The van der Waals surface area contributed by atoms with Gasteiger partial charge >= 0.3 is 0 Å². The third-order valence-corrected chi connectivity index (χ3v) is 0.684. The van der Waals surface area contributed by atoms with Crippen molar-refractivity contribution in [2.24, 2.45) is 0 Å². The molecule has 0 unspecified atom stereocenters. The van der Waals surface area contributed by atoms with Crippen LogP contribution < -0.4 is 5.32 Å². The fourth-order valence-corrected chi connectivity index (χ4v) is 0.331. The topological polar surface area (TPSA) is 29.1 Å². The third kappa shape index (κ3) is 15.7. The zero-order valence-electron chi connectivity index (χ0n) is 6.91. The first kappa shape index (κ1) is 12.1. The predicted molar refractivity (Wildman–Crippen MR) is 40.6 cm³/mol. The van der Waals surface area contributed by atoms with Crippen LogP contribution in [0.3, 0.4) is 0 Å². The van der Waals surface area contributed by atoms with Crippen molar-refractivity contribution in [2.45, 2.75) is 27.2 Å². The van der Waals surface area contributed by atoms with E-state index in [-0.39, 0.29) is 12.6 Å². The second-order valence-electron chi connectivity index (χ2n) is 1.53. The van der Waals surface area contributed by atoms with E-state index in [2.05, 4.69) is 5.32 Å². The Morgan fingerprint density at radius 2 is 2.00 bits per heavy atom. The van der Waals surface area contributed by atoms with Crippen LogP contribution in [0, 0.1) is 0 Å². The van der Waals surface area contributed by atoms with Crippen LogP contribution in [0.1, 0.15) is 27.2 Å². The Kier molecular flexibility index (Phi) is 13.6. The first-order chi connectivity index (χ1) is 4.77. The SMILES string of the molecule is CC.CC(=O)NCCCF. The second kappa shape index (κ2) is 11.2. The summed E-state index contributed by atoms with van der Waals surface area (Å²) in [5.74, 6) is -0.0987. The lowest BCUT2D eigenvalue weighted by molar-refractivity contribution is -0.118. The lowest BCUT2D eigenvalue weighted by Crippen LogP contribution is -2.20. The Morgan fingerprint density at radius 3 is 2.30 bits per heavy atom. The van der Waals surface area contributed by atoms with Crippen molar-refractivity contribution >= 4 is 5.91 Å². The molecule has 0 saturated heterocycles. The smallest absolute Gasteiger partial charge is 0.216 e. The van der Waals surface area contributed by atoms with Gasteiger partial charge in [-0.1, -0.05) is 13.8 Å². The largest absolute Gasteiger partial charge is 0.356 e. The summed E-state index contributed by atoms with van der Waals surface area (Å²) >= 11 is 0. The summed E-state index contributed by atoms with van der Waals surface area (Å²) in [7, 11) is 0. The minimum atomic E-state index is -0.361. The van der Waals surface area contributed by atoms with Crippen molar-refractivity contribution in [3.05, 3.63) is 0 Å². The summed E-state index contributed by atoms with van der Waals surface area (Å²) in [4.78, 5) is 10.1. The standard InChI is InChI=1S/C5H10FNO.C2H6/c1-5(8)7-4-2-3-6;1-2/h2-4H2,1H3,(H,7,8);1-2H3. The summed E-state index contributed by atoms with van der Waals surface area (Å²) in [6, 6.07) is 0. The first-order valence-corrected chi connectivity index (χ1v) is 3.57. The molecule has 1 N–H and O–H groups in total. The maximum atomic E-state index is 11.3. The molecular weight excluding hydrogens is 133 g/mol. The van der Waals surface area contributed by atoms with Gasteiger partial charge in [-0.2, -0.15) is 0 Å². The van der Waals surface area contributed by atoms with E-state index < -0.39 is 0 Å². The minimum absolute atomic E-state index is 0.0987. The average molecular weight is 149 g/mol. The Bertz CT molecular complexity index is 76.0. The van der Waals surface area contributed by atoms with Crippen molar-refractivity contribution in [2.75, 3.05) is 13.2 Å². The number of alkyl halides is 1. The van der Waals surface area contributed by atoms with Crippen LogP contribution in [0.2, 0.25) is 0 Å². The normalized spacial score (nSPS) is 7.60. The lowest BCUT2D eigenvalue weighted by atomic mass is 10.4. The van der Waals surface area contributed by atoms with Gasteiger partial charge in [0.1, 0.15) is 0 Å². The monoisotopic (exact) mass is 149 g/mol. The molecular formula is C7H16FNO. The maximum absolute atomic E-state index is 11.3. The predicted octanol–water partition coefficient (Wildman–Crippen LogP) is 1.51. The first-order valence-electron chi connectivity index (χ1n) is 3.57. The van der Waals surface area contributed by atoms with Gasteiger partial charge in [-0.25, -0.2) is 0 Å². The van der Waals surface area contributed by atoms with Gasteiger partial charge in [0.2, 0.25) is 5.91 Å². The quantitative estimate of drug-likeness (QED) is 0.605. The van der Waals surface area contributed by atoms with E-state index in [0.717, 1.165) is 0 Å². The van der Waals surface area contributed by atoms with E-state index in [1.807, 2.05) is 13.8 Å². The van der Waals surface area contributed by atoms with E-state index in [1.165, 1.54) is 6.92 Å². The van der Waals surface area contributed by atoms with E-state index >= 15 is 0 Å². The van der Waals surface area contributed by atoms with Gasteiger partial charge in [0.05, 0.1) is 6.67 Å². The highest BCUT2D eigenvalue weighted by Crippen LogP contribution is 1.75. The molecule has 0 aliphatic rings. The molecule has 62 valence electrons. The molecule has 0 radical (unpaired) electrons. The minimum Gasteiger partial charge on any atom is -0.356 e. The highest BCUT2D eigenvalue weighted by atomic mass is 19.1. The molecule has 3 heteroatoms. The second-order valence-corrected chi connectivity index (χ2v) is 1.53. The van der Waals surface area contributed by atoms with Crippen LogP contribution in [0.5, 0.6) is 0 Å². The highest BCUT2D eigenvalue weighted by Gasteiger charge is 1.87. The van der Waals surface area contributed by atoms with E-state index in [1.54, 1.807) is 0 Å². The number of carbonyl (C=O) groups excluding carboxylic acids is 1. The molecule has 0 aliphatic carbocycles. The Hall–Kier alpha value is -0.600. The average Bonchev–Trinajstić information content (AvgIpc) is 1.92. The summed E-state index contributed by atoms with van der Waals surface area (Å²) in [5, 5.41) is 2.47. The Labute approximate surface area is 61.8 Å². The van der Waals surface area contributed by atoms with Gasteiger partial charge in [0.25, 0.3) is 0 Å². The van der Waals surface area contributed by atoms with Crippen molar-refractivity contribution in [1.29, 1.82) is 0 Å². The molecule has 0 heterocycles. The third-order valence-electron chi connectivity index (χ3n) is 0.684. The van der Waals surface area contributed by atoms with Gasteiger partial charge in [0.15, 0.2) is 0 Å². The van der Waals surface area contributed by atoms with Crippen LogP contribution in [0.15, 0.2) is 0 Å². The summed E-state index contributed by atoms with van der Waals surface area (Å²) in [6.45, 7) is 5.50. The van der Waals surface area contributed by atoms with E-state index in [0.29, 0.717) is 13.0 Å². The van der Waals surface area contributed by atoms with Crippen LogP contribution in [0.25, 0.3) is 0 Å². The maximum Gasteiger partial charge on any atom is 0.216 e. The molecule has 0 bridgehead atoms. The molecule has 0 aromatic rings. The number of hydrogen-bond donors (Lipinski definition) is 1. The van der Waals surface area contributed by atoms with Crippen LogP contribution >= 0.6 is 0 Å². The highest BCUT2D eigenvalue weighted by molar-refractivity contribution is 5.72. The number of nitrogens with one attached hydrogen (secondary N) is 1. The van der Waals surface area contributed by atoms with Crippen LogP contribution in [0.4, 0.5) is 4.39 Å². The molecule has 0 fully saturated rings. The lowest BCUT2D eigenvalue weighted by Gasteiger charge is -1.95. The molecule has 10 heavy (non-hydrogen) atoms. The van der Waals surface area contributed by atoms with Gasteiger partial charge in [-0.3, -0.25) is 9.18 Å². The van der Waals surface area contributed by atoms with Gasteiger partial charge in [-0.15, -0.1) is 0 Å². The van der Waals surface area contributed by atoms with Crippen molar-refractivity contribution in [1.82, 2.24) is 5.32 Å². The van der Waals surface area contributed by atoms with Gasteiger partial charge in [0, 0.05) is 13.5 Å². The number of carbonyl (C=O) groups is 1. The fraction of sp³-hybridized carbons (Fsp3) is 0.857. The van der Waals surface area contributed by atoms with Gasteiger partial charge < -0.3 is 5.32 Å². The molecule has 0 atom stereocenters. The molecule has 0 spiro atoms. The number of rotatable bonds is 3. The zero-order chi connectivity index (χ0) is 8.41.